The minimum Gasteiger partial charge on any atom is -0.326 e. The Labute approximate surface area is 134 Å². The van der Waals surface area contributed by atoms with Gasteiger partial charge in [-0.15, -0.1) is 0 Å². The largest absolute Gasteiger partial charge is 0.326 e. The van der Waals surface area contributed by atoms with Gasteiger partial charge in [0, 0.05) is 24.6 Å². The molecule has 2 heterocycles. The number of carbonyl (C=O) groups is 1. The standard InChI is InChI=1S/C15H18N4O3S/c1-9-5-4-6-12(16-10(2)20)14(9)15-11-7-19(23(3,21)22)8-13(11)17-18-15/h4-6H,7-8H2,1-3H3,(H,16,20)(H,17,18). The van der Waals surface area contributed by atoms with Gasteiger partial charge in [0.1, 0.15) is 0 Å². The lowest BCUT2D eigenvalue weighted by molar-refractivity contribution is -0.114. The van der Waals surface area contributed by atoms with Crippen molar-refractivity contribution in [1.29, 1.82) is 0 Å². The number of anilines is 1. The van der Waals surface area contributed by atoms with Crippen LogP contribution in [0.15, 0.2) is 18.2 Å². The normalized spacial score (nSPS) is 14.7. The molecule has 1 aromatic carbocycles. The first-order chi connectivity index (χ1) is 10.8. The predicted octanol–water partition coefficient (Wildman–Crippen LogP) is 1.62. The molecule has 0 unspecified atom stereocenters. The number of nitrogens with one attached hydrogen (secondary N) is 2. The summed E-state index contributed by atoms with van der Waals surface area (Å²) in [6, 6.07) is 5.61. The third-order valence-corrected chi connectivity index (χ3v) is 5.11. The molecule has 1 aromatic heterocycles. The lowest BCUT2D eigenvalue weighted by atomic mass is 10.00. The molecular weight excluding hydrogens is 316 g/mol. The van der Waals surface area contributed by atoms with Crippen LogP contribution in [0.25, 0.3) is 11.3 Å². The SMILES string of the molecule is CC(=O)Nc1cccc(C)c1-c1n[nH]c2c1CN(S(C)(=O)=O)C2. The minimum absolute atomic E-state index is 0.165. The van der Waals surface area contributed by atoms with E-state index in [0.717, 1.165) is 22.4 Å². The number of carbonyl (C=O) groups excluding carboxylic acids is 1. The van der Waals surface area contributed by atoms with E-state index < -0.39 is 10.0 Å². The zero-order valence-electron chi connectivity index (χ0n) is 13.2. The van der Waals surface area contributed by atoms with Gasteiger partial charge >= 0.3 is 0 Å². The number of hydrogen-bond acceptors (Lipinski definition) is 4. The highest BCUT2D eigenvalue weighted by Crippen LogP contribution is 2.37. The van der Waals surface area contributed by atoms with Gasteiger partial charge in [0.15, 0.2) is 0 Å². The first kappa shape index (κ1) is 15.7. The fourth-order valence-electron chi connectivity index (χ4n) is 2.83. The van der Waals surface area contributed by atoms with Crippen LogP contribution in [0.2, 0.25) is 0 Å². The number of sulfonamides is 1. The van der Waals surface area contributed by atoms with Crippen molar-refractivity contribution in [2.24, 2.45) is 0 Å². The molecule has 0 bridgehead atoms. The zero-order chi connectivity index (χ0) is 16.8. The Balaban J connectivity index is 2.09. The highest BCUT2D eigenvalue weighted by molar-refractivity contribution is 7.88. The van der Waals surface area contributed by atoms with Crippen LogP contribution in [0.1, 0.15) is 23.7 Å². The monoisotopic (exact) mass is 334 g/mol. The number of benzene rings is 1. The van der Waals surface area contributed by atoms with E-state index in [1.54, 1.807) is 0 Å². The molecule has 0 radical (unpaired) electrons. The quantitative estimate of drug-likeness (QED) is 0.891. The molecule has 0 atom stereocenters. The second kappa shape index (κ2) is 5.47. The molecule has 7 nitrogen and oxygen atoms in total. The second-order valence-electron chi connectivity index (χ2n) is 5.74. The number of H-pyrrole nitrogens is 1. The highest BCUT2D eigenvalue weighted by Gasteiger charge is 2.31. The number of hydrogen-bond donors (Lipinski definition) is 2. The van der Waals surface area contributed by atoms with Crippen molar-refractivity contribution in [2.45, 2.75) is 26.9 Å². The van der Waals surface area contributed by atoms with Crippen LogP contribution in [0.4, 0.5) is 5.69 Å². The lowest BCUT2D eigenvalue weighted by Crippen LogP contribution is -2.24. The van der Waals surface area contributed by atoms with Gasteiger partial charge in [-0.25, -0.2) is 8.42 Å². The maximum absolute atomic E-state index is 11.8. The van der Waals surface area contributed by atoms with Crippen LogP contribution in [0.5, 0.6) is 0 Å². The summed E-state index contributed by atoms with van der Waals surface area (Å²) in [6.07, 6.45) is 1.20. The maximum atomic E-state index is 11.8. The van der Waals surface area contributed by atoms with Crippen LogP contribution < -0.4 is 5.32 Å². The number of amides is 1. The molecule has 0 aliphatic carbocycles. The van der Waals surface area contributed by atoms with E-state index in [1.165, 1.54) is 17.5 Å². The smallest absolute Gasteiger partial charge is 0.221 e. The molecule has 0 spiro atoms. The summed E-state index contributed by atoms with van der Waals surface area (Å²) >= 11 is 0. The summed E-state index contributed by atoms with van der Waals surface area (Å²) in [5.41, 5.74) is 4.79. The Hall–Kier alpha value is -2.19. The molecule has 3 rings (SSSR count). The van der Waals surface area contributed by atoms with E-state index in [1.807, 2.05) is 25.1 Å². The molecule has 8 heteroatoms. The van der Waals surface area contributed by atoms with Crippen LogP contribution in [-0.4, -0.2) is 35.1 Å². The van der Waals surface area contributed by atoms with Crippen molar-refractivity contribution in [3.63, 3.8) is 0 Å². The Morgan fingerprint density at radius 1 is 1.35 bits per heavy atom. The van der Waals surface area contributed by atoms with E-state index in [0.29, 0.717) is 17.9 Å². The highest BCUT2D eigenvalue weighted by atomic mass is 32.2. The molecule has 0 saturated heterocycles. The van der Waals surface area contributed by atoms with Gasteiger partial charge in [0.05, 0.1) is 29.9 Å². The number of nitrogens with zero attached hydrogens (tertiary/aromatic N) is 2. The predicted molar refractivity (Wildman–Crippen MR) is 87.2 cm³/mol. The molecule has 0 saturated carbocycles. The molecule has 23 heavy (non-hydrogen) atoms. The van der Waals surface area contributed by atoms with E-state index in [4.69, 9.17) is 0 Å². The van der Waals surface area contributed by atoms with Crippen LogP contribution in [0.3, 0.4) is 0 Å². The van der Waals surface area contributed by atoms with E-state index >= 15 is 0 Å². The third kappa shape index (κ3) is 2.87. The average Bonchev–Trinajstić information content (AvgIpc) is 2.98. The molecular formula is C15H18N4O3S. The second-order valence-corrected chi connectivity index (χ2v) is 7.72. The first-order valence-corrected chi connectivity index (χ1v) is 9.01. The number of fused-ring (bicyclic) bond motifs is 1. The summed E-state index contributed by atoms with van der Waals surface area (Å²) in [6.45, 7) is 3.97. The van der Waals surface area contributed by atoms with Crippen molar-refractivity contribution in [1.82, 2.24) is 14.5 Å². The number of aromatic nitrogens is 2. The third-order valence-electron chi connectivity index (χ3n) is 3.91. The Bertz CT molecular complexity index is 886. The van der Waals surface area contributed by atoms with Gasteiger partial charge in [-0.2, -0.15) is 9.40 Å². The molecule has 2 aromatic rings. The van der Waals surface area contributed by atoms with Crippen molar-refractivity contribution < 1.29 is 13.2 Å². The molecule has 0 fully saturated rings. The fraction of sp³-hybridized carbons (Fsp3) is 0.333. The maximum Gasteiger partial charge on any atom is 0.221 e. The van der Waals surface area contributed by atoms with Crippen molar-refractivity contribution in [3.8, 4) is 11.3 Å². The number of aryl methyl sites for hydroxylation is 1. The molecule has 1 aliphatic heterocycles. The topological polar surface area (TPSA) is 95.2 Å². The van der Waals surface area contributed by atoms with Gasteiger partial charge in [-0.1, -0.05) is 12.1 Å². The minimum atomic E-state index is -3.26. The Kier molecular flexibility index (Phi) is 3.73. The fourth-order valence-corrected chi connectivity index (χ4v) is 3.56. The number of aromatic amines is 1. The lowest BCUT2D eigenvalue weighted by Gasteiger charge is -2.14. The van der Waals surface area contributed by atoms with Crippen LogP contribution >= 0.6 is 0 Å². The zero-order valence-corrected chi connectivity index (χ0v) is 14.0. The number of rotatable bonds is 3. The van der Waals surface area contributed by atoms with Crippen molar-refractivity contribution in [3.05, 3.63) is 35.0 Å². The van der Waals surface area contributed by atoms with Crippen LogP contribution in [-0.2, 0) is 27.9 Å². The summed E-state index contributed by atoms with van der Waals surface area (Å²) in [4.78, 5) is 11.4. The Morgan fingerprint density at radius 2 is 2.09 bits per heavy atom. The van der Waals surface area contributed by atoms with E-state index in [2.05, 4.69) is 15.5 Å². The van der Waals surface area contributed by atoms with E-state index in [9.17, 15) is 13.2 Å². The average molecular weight is 334 g/mol. The van der Waals surface area contributed by atoms with Gasteiger partial charge < -0.3 is 5.32 Å². The molecule has 1 aliphatic rings. The van der Waals surface area contributed by atoms with Crippen LogP contribution in [0, 0.1) is 6.92 Å². The Morgan fingerprint density at radius 3 is 2.74 bits per heavy atom. The van der Waals surface area contributed by atoms with Crippen molar-refractivity contribution >= 4 is 21.6 Å². The van der Waals surface area contributed by atoms with Gasteiger partial charge in [0.25, 0.3) is 0 Å². The first-order valence-electron chi connectivity index (χ1n) is 7.16. The molecule has 122 valence electrons. The van der Waals surface area contributed by atoms with Crippen molar-refractivity contribution in [2.75, 3.05) is 11.6 Å². The summed E-state index contributed by atoms with van der Waals surface area (Å²) in [5.74, 6) is -0.165. The van der Waals surface area contributed by atoms with E-state index in [-0.39, 0.29) is 12.5 Å². The summed E-state index contributed by atoms with van der Waals surface area (Å²) < 4.78 is 24.9. The summed E-state index contributed by atoms with van der Waals surface area (Å²) in [7, 11) is -3.26. The van der Waals surface area contributed by atoms with Gasteiger partial charge in [0.2, 0.25) is 15.9 Å². The molecule has 2 N–H and O–H groups in total. The summed E-state index contributed by atoms with van der Waals surface area (Å²) in [5, 5.41) is 10.1. The van der Waals surface area contributed by atoms with Gasteiger partial charge in [-0.3, -0.25) is 9.89 Å². The molecule has 1 amide bonds. The van der Waals surface area contributed by atoms with Gasteiger partial charge in [-0.05, 0) is 18.6 Å².